The van der Waals surface area contributed by atoms with E-state index < -0.39 is 0 Å². The van der Waals surface area contributed by atoms with Gasteiger partial charge in [-0.1, -0.05) is 6.07 Å². The van der Waals surface area contributed by atoms with Gasteiger partial charge in [0.1, 0.15) is 0 Å². The van der Waals surface area contributed by atoms with Gasteiger partial charge in [-0.05, 0) is 40.5 Å². The average molecular weight is 284 g/mol. The first-order valence-corrected chi connectivity index (χ1v) is 6.07. The van der Waals surface area contributed by atoms with Crippen molar-refractivity contribution in [3.8, 4) is 0 Å². The van der Waals surface area contributed by atoms with Crippen LogP contribution in [-0.4, -0.2) is 35.6 Å². The molecule has 86 valence electrons. The maximum absolute atomic E-state index is 12.0. The second kappa shape index (κ2) is 4.55. The number of aliphatic hydroxyl groups excluding tert-OH is 1. The highest BCUT2D eigenvalue weighted by molar-refractivity contribution is 9.10. The Balaban J connectivity index is 2.10. The Kier molecular flexibility index (Phi) is 3.30. The zero-order valence-corrected chi connectivity index (χ0v) is 10.7. The number of likely N-dealkylation sites (tertiary alicyclic amines) is 1. The summed E-state index contributed by atoms with van der Waals surface area (Å²) in [7, 11) is 0. The van der Waals surface area contributed by atoms with Gasteiger partial charge in [0.25, 0.3) is 5.91 Å². The van der Waals surface area contributed by atoms with E-state index in [1.54, 1.807) is 4.90 Å². The third-order valence-corrected chi connectivity index (χ3v) is 3.51. The fraction of sp³-hybridized carbons (Fsp3) is 0.417. The molecule has 0 aliphatic carbocycles. The van der Waals surface area contributed by atoms with Gasteiger partial charge in [-0.2, -0.15) is 0 Å². The summed E-state index contributed by atoms with van der Waals surface area (Å²) in [5.41, 5.74) is 1.82. The molecule has 1 aromatic rings. The first-order valence-electron chi connectivity index (χ1n) is 5.28. The van der Waals surface area contributed by atoms with Gasteiger partial charge in [-0.3, -0.25) is 4.79 Å². The molecule has 1 fully saturated rings. The zero-order valence-electron chi connectivity index (χ0n) is 9.11. The molecule has 1 aliphatic rings. The van der Waals surface area contributed by atoms with E-state index >= 15 is 0 Å². The smallest absolute Gasteiger partial charge is 0.255 e. The number of carbonyl (C=O) groups excluding carboxylic acids is 1. The van der Waals surface area contributed by atoms with Crippen molar-refractivity contribution in [1.29, 1.82) is 0 Å². The molecule has 1 heterocycles. The first-order chi connectivity index (χ1) is 7.61. The lowest BCUT2D eigenvalue weighted by Gasteiger charge is -2.38. The molecule has 2 rings (SSSR count). The van der Waals surface area contributed by atoms with Gasteiger partial charge in [0.15, 0.2) is 0 Å². The molecule has 0 bridgehead atoms. The number of aliphatic hydroxyl groups is 1. The predicted molar refractivity (Wildman–Crippen MR) is 65.4 cm³/mol. The quantitative estimate of drug-likeness (QED) is 0.900. The van der Waals surface area contributed by atoms with Crippen molar-refractivity contribution in [2.75, 3.05) is 19.7 Å². The SMILES string of the molecule is Cc1ccc(C(=O)N2CC(CO)C2)c(Br)c1. The second-order valence-corrected chi connectivity index (χ2v) is 5.10. The summed E-state index contributed by atoms with van der Waals surface area (Å²) in [6.45, 7) is 3.48. The van der Waals surface area contributed by atoms with Gasteiger partial charge in [0, 0.05) is 30.1 Å². The molecule has 1 aromatic carbocycles. The van der Waals surface area contributed by atoms with E-state index in [2.05, 4.69) is 15.9 Å². The minimum atomic E-state index is 0.0385. The largest absolute Gasteiger partial charge is 0.396 e. The van der Waals surface area contributed by atoms with Gasteiger partial charge >= 0.3 is 0 Å². The number of benzene rings is 1. The van der Waals surface area contributed by atoms with E-state index in [4.69, 9.17) is 5.11 Å². The van der Waals surface area contributed by atoms with E-state index in [9.17, 15) is 4.79 Å². The number of halogens is 1. The highest BCUT2D eigenvalue weighted by atomic mass is 79.9. The van der Waals surface area contributed by atoms with E-state index in [-0.39, 0.29) is 18.4 Å². The van der Waals surface area contributed by atoms with Gasteiger partial charge in [-0.25, -0.2) is 0 Å². The molecule has 0 aromatic heterocycles. The minimum Gasteiger partial charge on any atom is -0.396 e. The zero-order chi connectivity index (χ0) is 11.7. The van der Waals surface area contributed by atoms with Crippen molar-refractivity contribution in [2.45, 2.75) is 6.92 Å². The van der Waals surface area contributed by atoms with Crippen molar-refractivity contribution in [1.82, 2.24) is 4.90 Å². The van der Waals surface area contributed by atoms with Crippen LogP contribution in [0.3, 0.4) is 0 Å². The standard InChI is InChI=1S/C12H14BrNO2/c1-8-2-3-10(11(13)4-8)12(16)14-5-9(6-14)7-15/h2-4,9,15H,5-7H2,1H3. The number of hydrogen-bond acceptors (Lipinski definition) is 2. The van der Waals surface area contributed by atoms with Crippen molar-refractivity contribution in [2.24, 2.45) is 5.92 Å². The topological polar surface area (TPSA) is 40.5 Å². The molecule has 16 heavy (non-hydrogen) atoms. The Morgan fingerprint density at radius 3 is 2.81 bits per heavy atom. The van der Waals surface area contributed by atoms with E-state index in [1.165, 1.54) is 0 Å². The van der Waals surface area contributed by atoms with Crippen molar-refractivity contribution in [3.63, 3.8) is 0 Å². The molecule has 0 radical (unpaired) electrons. The normalized spacial score (nSPS) is 16.1. The summed E-state index contributed by atoms with van der Waals surface area (Å²) in [6, 6.07) is 5.71. The second-order valence-electron chi connectivity index (χ2n) is 4.24. The van der Waals surface area contributed by atoms with Gasteiger partial charge < -0.3 is 10.0 Å². The first kappa shape index (κ1) is 11.6. The Morgan fingerprint density at radius 1 is 1.56 bits per heavy atom. The van der Waals surface area contributed by atoms with Crippen LogP contribution in [0.1, 0.15) is 15.9 Å². The minimum absolute atomic E-state index is 0.0385. The molecule has 0 spiro atoms. The Labute approximate surface area is 103 Å². The fourth-order valence-electron chi connectivity index (χ4n) is 1.82. The molecule has 1 aliphatic heterocycles. The molecule has 0 saturated carbocycles. The lowest BCUT2D eigenvalue weighted by molar-refractivity contribution is 0.0361. The van der Waals surface area contributed by atoms with Gasteiger partial charge in [0.05, 0.1) is 5.56 Å². The van der Waals surface area contributed by atoms with Crippen LogP contribution in [-0.2, 0) is 0 Å². The van der Waals surface area contributed by atoms with Crippen LogP contribution in [0.4, 0.5) is 0 Å². The number of carbonyl (C=O) groups is 1. The summed E-state index contributed by atoms with van der Waals surface area (Å²) in [5, 5.41) is 8.90. The summed E-state index contributed by atoms with van der Waals surface area (Å²) < 4.78 is 0.838. The summed E-state index contributed by atoms with van der Waals surface area (Å²) in [5.74, 6) is 0.296. The van der Waals surface area contributed by atoms with Crippen molar-refractivity contribution >= 4 is 21.8 Å². The number of hydrogen-bond donors (Lipinski definition) is 1. The van der Waals surface area contributed by atoms with Gasteiger partial charge in [0.2, 0.25) is 0 Å². The molecule has 0 atom stereocenters. The van der Waals surface area contributed by atoms with Crippen LogP contribution < -0.4 is 0 Å². The number of amides is 1. The molecule has 0 unspecified atom stereocenters. The highest BCUT2D eigenvalue weighted by Gasteiger charge is 2.31. The molecule has 3 nitrogen and oxygen atoms in total. The van der Waals surface area contributed by atoms with Crippen LogP contribution in [0.25, 0.3) is 0 Å². The molecule has 4 heteroatoms. The molecule has 1 saturated heterocycles. The van der Waals surface area contributed by atoms with Crippen LogP contribution >= 0.6 is 15.9 Å². The summed E-state index contributed by atoms with van der Waals surface area (Å²) in [6.07, 6.45) is 0. The van der Waals surface area contributed by atoms with Crippen LogP contribution in [0.15, 0.2) is 22.7 Å². The molecular weight excluding hydrogens is 270 g/mol. The van der Waals surface area contributed by atoms with E-state index in [0.717, 1.165) is 10.0 Å². The highest BCUT2D eigenvalue weighted by Crippen LogP contribution is 2.23. The van der Waals surface area contributed by atoms with Crippen LogP contribution in [0.2, 0.25) is 0 Å². The number of nitrogens with zero attached hydrogens (tertiary/aromatic N) is 1. The predicted octanol–water partition coefficient (Wildman–Crippen LogP) is 1.82. The third-order valence-electron chi connectivity index (χ3n) is 2.86. The molecule has 1 N–H and O–H groups in total. The summed E-state index contributed by atoms with van der Waals surface area (Å²) in [4.78, 5) is 13.8. The Morgan fingerprint density at radius 2 is 2.25 bits per heavy atom. The van der Waals surface area contributed by atoms with Crippen LogP contribution in [0.5, 0.6) is 0 Å². The van der Waals surface area contributed by atoms with E-state index in [1.807, 2.05) is 25.1 Å². The fourth-order valence-corrected chi connectivity index (χ4v) is 2.48. The van der Waals surface area contributed by atoms with Crippen molar-refractivity contribution in [3.05, 3.63) is 33.8 Å². The summed E-state index contributed by atoms with van der Waals surface area (Å²) >= 11 is 3.40. The van der Waals surface area contributed by atoms with Gasteiger partial charge in [-0.15, -0.1) is 0 Å². The maximum atomic E-state index is 12.0. The van der Waals surface area contributed by atoms with E-state index in [0.29, 0.717) is 18.7 Å². The lowest BCUT2D eigenvalue weighted by atomic mass is 10.00. The monoisotopic (exact) mass is 283 g/mol. The Hall–Kier alpha value is -0.870. The number of aryl methyl sites for hydroxylation is 1. The maximum Gasteiger partial charge on any atom is 0.255 e. The number of rotatable bonds is 2. The molecular formula is C12H14BrNO2. The molecule has 1 amide bonds. The Bertz CT molecular complexity index is 413. The average Bonchev–Trinajstić information content (AvgIpc) is 2.15. The lowest BCUT2D eigenvalue weighted by Crippen LogP contribution is -2.51. The van der Waals surface area contributed by atoms with Crippen molar-refractivity contribution < 1.29 is 9.90 Å². The van der Waals surface area contributed by atoms with Crippen LogP contribution in [0, 0.1) is 12.8 Å². The third kappa shape index (κ3) is 2.13.